The number of anilines is 1. The highest BCUT2D eigenvalue weighted by Crippen LogP contribution is 2.24. The Bertz CT molecular complexity index is 345. The van der Waals surface area contributed by atoms with Crippen LogP contribution in [0.1, 0.15) is 12.8 Å². The summed E-state index contributed by atoms with van der Waals surface area (Å²) < 4.78 is 0. The molecule has 2 fully saturated rings. The van der Waals surface area contributed by atoms with Gasteiger partial charge in [-0.05, 0) is 25.0 Å². The number of halogens is 3. The van der Waals surface area contributed by atoms with Crippen LogP contribution >= 0.6 is 36.4 Å². The summed E-state index contributed by atoms with van der Waals surface area (Å²) in [5.41, 5.74) is 0. The summed E-state index contributed by atoms with van der Waals surface area (Å²) in [7, 11) is 0. The molecule has 0 aliphatic carbocycles. The molecule has 3 rings (SSSR count). The molecule has 17 heavy (non-hydrogen) atoms. The number of hydrogen-bond acceptors (Lipinski definition) is 3. The van der Waals surface area contributed by atoms with Gasteiger partial charge >= 0.3 is 0 Å². The summed E-state index contributed by atoms with van der Waals surface area (Å²) in [6.07, 6.45) is 4.32. The Morgan fingerprint density at radius 1 is 1.18 bits per heavy atom. The number of nitrogens with one attached hydrogen (secondary N) is 1. The Hall–Kier alpha value is -0.220. The van der Waals surface area contributed by atoms with Crippen LogP contribution in [0.4, 0.5) is 5.82 Å². The zero-order valence-electron chi connectivity index (χ0n) is 9.30. The zero-order chi connectivity index (χ0) is 10.3. The fourth-order valence-corrected chi connectivity index (χ4v) is 2.65. The Balaban J connectivity index is 0.000000722. The van der Waals surface area contributed by atoms with Crippen LogP contribution in [0.25, 0.3) is 0 Å². The lowest BCUT2D eigenvalue weighted by atomic mass is 10.2. The van der Waals surface area contributed by atoms with Crippen molar-refractivity contribution in [1.29, 1.82) is 0 Å². The van der Waals surface area contributed by atoms with E-state index in [0.717, 1.165) is 18.9 Å². The van der Waals surface area contributed by atoms with Gasteiger partial charge in [-0.15, -0.1) is 24.8 Å². The Morgan fingerprint density at radius 2 is 1.82 bits per heavy atom. The number of aromatic nitrogens is 1. The van der Waals surface area contributed by atoms with Crippen molar-refractivity contribution in [3.05, 3.63) is 23.4 Å². The third-order valence-corrected chi connectivity index (χ3v) is 3.48. The molecule has 0 spiro atoms. The van der Waals surface area contributed by atoms with E-state index in [1.165, 1.54) is 12.8 Å². The van der Waals surface area contributed by atoms with Gasteiger partial charge in [0, 0.05) is 31.4 Å². The monoisotopic (exact) mass is 295 g/mol. The smallest absolute Gasteiger partial charge is 0.128 e. The molecular weight excluding hydrogens is 281 g/mol. The second kappa shape index (κ2) is 6.10. The van der Waals surface area contributed by atoms with Gasteiger partial charge in [-0.25, -0.2) is 4.98 Å². The molecule has 2 unspecified atom stereocenters. The Kier molecular flexibility index (Phi) is 5.32. The summed E-state index contributed by atoms with van der Waals surface area (Å²) in [4.78, 5) is 6.72. The van der Waals surface area contributed by atoms with Crippen LogP contribution in [0.5, 0.6) is 0 Å². The average Bonchev–Trinajstić information content (AvgIpc) is 2.59. The fraction of sp³-hybridized carbons (Fsp3) is 0.545. The maximum absolute atomic E-state index is 5.83. The second-order valence-corrected chi connectivity index (χ2v) is 4.81. The minimum atomic E-state index is 0. The minimum Gasteiger partial charge on any atom is -0.353 e. The lowest BCUT2D eigenvalue weighted by Crippen LogP contribution is -2.51. The molecule has 1 aromatic heterocycles. The molecule has 1 N–H and O–H groups in total. The summed E-state index contributed by atoms with van der Waals surface area (Å²) in [6.45, 7) is 2.15. The van der Waals surface area contributed by atoms with Gasteiger partial charge < -0.3 is 10.2 Å². The van der Waals surface area contributed by atoms with Gasteiger partial charge in [0.25, 0.3) is 0 Å². The number of nitrogens with zero attached hydrogens (tertiary/aromatic N) is 2. The van der Waals surface area contributed by atoms with E-state index >= 15 is 0 Å². The maximum atomic E-state index is 5.83. The summed E-state index contributed by atoms with van der Waals surface area (Å²) >= 11 is 5.83. The molecule has 1 aromatic rings. The van der Waals surface area contributed by atoms with E-state index in [4.69, 9.17) is 11.6 Å². The van der Waals surface area contributed by atoms with Crippen molar-refractivity contribution in [3.63, 3.8) is 0 Å². The van der Waals surface area contributed by atoms with Crippen LogP contribution in [0.2, 0.25) is 5.02 Å². The van der Waals surface area contributed by atoms with E-state index in [-0.39, 0.29) is 24.8 Å². The SMILES string of the molecule is Cl.Cl.Clc1ccc(N2CC3CCC(C2)N3)nc1. The van der Waals surface area contributed by atoms with Gasteiger partial charge in [0.1, 0.15) is 5.82 Å². The highest BCUT2D eigenvalue weighted by Gasteiger charge is 2.32. The van der Waals surface area contributed by atoms with Crippen molar-refractivity contribution in [1.82, 2.24) is 10.3 Å². The van der Waals surface area contributed by atoms with E-state index in [1.54, 1.807) is 6.20 Å². The molecule has 0 amide bonds. The van der Waals surface area contributed by atoms with Gasteiger partial charge in [0.05, 0.1) is 5.02 Å². The molecule has 96 valence electrons. The van der Waals surface area contributed by atoms with Crippen LogP contribution in [0, 0.1) is 0 Å². The van der Waals surface area contributed by atoms with Crippen LogP contribution in [-0.4, -0.2) is 30.2 Å². The van der Waals surface area contributed by atoms with Crippen molar-refractivity contribution in [3.8, 4) is 0 Å². The Labute approximate surface area is 119 Å². The van der Waals surface area contributed by atoms with E-state index in [9.17, 15) is 0 Å². The maximum Gasteiger partial charge on any atom is 0.128 e. The number of pyridine rings is 1. The first-order chi connectivity index (χ1) is 7.31. The number of hydrogen-bond donors (Lipinski definition) is 1. The van der Waals surface area contributed by atoms with E-state index in [2.05, 4.69) is 15.2 Å². The van der Waals surface area contributed by atoms with Crippen LogP contribution in [0.15, 0.2) is 18.3 Å². The van der Waals surface area contributed by atoms with E-state index in [1.807, 2.05) is 12.1 Å². The fourth-order valence-electron chi connectivity index (χ4n) is 2.54. The molecule has 2 aliphatic heterocycles. The molecule has 2 saturated heterocycles. The van der Waals surface area contributed by atoms with E-state index < -0.39 is 0 Å². The summed E-state index contributed by atoms with van der Waals surface area (Å²) in [5, 5.41) is 4.31. The highest BCUT2D eigenvalue weighted by atomic mass is 35.5. The number of piperazine rings is 1. The molecule has 2 aliphatic rings. The minimum absolute atomic E-state index is 0. The molecule has 2 bridgehead atoms. The molecule has 3 nitrogen and oxygen atoms in total. The zero-order valence-corrected chi connectivity index (χ0v) is 11.7. The van der Waals surface area contributed by atoms with Gasteiger partial charge in [0.2, 0.25) is 0 Å². The first-order valence-corrected chi connectivity index (χ1v) is 5.81. The molecule has 3 heterocycles. The van der Waals surface area contributed by atoms with Crippen molar-refractivity contribution < 1.29 is 0 Å². The number of rotatable bonds is 1. The average molecular weight is 297 g/mol. The Morgan fingerprint density at radius 3 is 2.35 bits per heavy atom. The quantitative estimate of drug-likeness (QED) is 0.863. The predicted molar refractivity (Wildman–Crippen MR) is 75.9 cm³/mol. The lowest BCUT2D eigenvalue weighted by molar-refractivity contribution is 0.463. The topological polar surface area (TPSA) is 28.2 Å². The van der Waals surface area contributed by atoms with E-state index in [0.29, 0.717) is 17.1 Å². The predicted octanol–water partition coefficient (Wildman–Crippen LogP) is 2.52. The van der Waals surface area contributed by atoms with Gasteiger partial charge in [-0.2, -0.15) is 0 Å². The number of fused-ring (bicyclic) bond motifs is 2. The normalized spacial score (nSPS) is 26.1. The largest absolute Gasteiger partial charge is 0.353 e. The first-order valence-electron chi connectivity index (χ1n) is 5.44. The third kappa shape index (κ3) is 3.16. The molecule has 2 atom stereocenters. The standard InChI is InChI=1S/C11H14ClN3.2ClH/c12-8-1-4-11(13-5-8)15-6-9-2-3-10(7-15)14-9;;/h1,4-5,9-10,14H,2-3,6-7H2;2*1H. The van der Waals surface area contributed by atoms with Crippen LogP contribution in [0.3, 0.4) is 0 Å². The molecular formula is C11H16Cl3N3. The molecule has 0 radical (unpaired) electrons. The van der Waals surface area contributed by atoms with Crippen molar-refractivity contribution in [2.24, 2.45) is 0 Å². The van der Waals surface area contributed by atoms with Crippen molar-refractivity contribution >= 4 is 42.2 Å². The van der Waals surface area contributed by atoms with Gasteiger partial charge in [-0.1, -0.05) is 11.6 Å². The van der Waals surface area contributed by atoms with Gasteiger partial charge in [-0.3, -0.25) is 0 Å². The van der Waals surface area contributed by atoms with Crippen LogP contribution < -0.4 is 10.2 Å². The summed E-state index contributed by atoms with van der Waals surface area (Å²) in [5.74, 6) is 1.05. The first kappa shape index (κ1) is 14.8. The second-order valence-electron chi connectivity index (χ2n) is 4.38. The third-order valence-electron chi connectivity index (χ3n) is 3.25. The molecule has 0 saturated carbocycles. The highest BCUT2D eigenvalue weighted by molar-refractivity contribution is 6.30. The van der Waals surface area contributed by atoms with Crippen molar-refractivity contribution in [2.45, 2.75) is 24.9 Å². The van der Waals surface area contributed by atoms with Gasteiger partial charge in [0.15, 0.2) is 0 Å². The molecule has 6 heteroatoms. The molecule has 0 aromatic carbocycles. The summed E-state index contributed by atoms with van der Waals surface area (Å²) in [6, 6.07) is 5.23. The van der Waals surface area contributed by atoms with Crippen LogP contribution in [-0.2, 0) is 0 Å². The lowest BCUT2D eigenvalue weighted by Gasteiger charge is -2.33. The van der Waals surface area contributed by atoms with Crippen molar-refractivity contribution in [2.75, 3.05) is 18.0 Å².